The third kappa shape index (κ3) is 4.07. The van der Waals surface area contributed by atoms with Crippen molar-refractivity contribution >= 4 is 21.6 Å². The quantitative estimate of drug-likeness (QED) is 0.809. The normalized spacial score (nSPS) is 18.6. The minimum Gasteiger partial charge on any atom is -0.323 e. The van der Waals surface area contributed by atoms with Gasteiger partial charge in [0, 0.05) is 6.54 Å². The van der Waals surface area contributed by atoms with Gasteiger partial charge in [0.25, 0.3) is 0 Å². The highest BCUT2D eigenvalue weighted by atomic mass is 32.2. The number of amides is 1. The lowest BCUT2D eigenvalue weighted by Crippen LogP contribution is -2.50. The monoisotopic (exact) mass is 378 g/mol. The van der Waals surface area contributed by atoms with Crippen molar-refractivity contribution in [3.05, 3.63) is 31.0 Å². The molecule has 0 spiro atoms. The number of pyridine rings is 1. The first kappa shape index (κ1) is 18.5. The van der Waals surface area contributed by atoms with Gasteiger partial charge in [-0.3, -0.25) is 4.79 Å². The van der Waals surface area contributed by atoms with Crippen LogP contribution in [0.1, 0.15) is 32.6 Å². The maximum absolute atomic E-state index is 12.7. The van der Waals surface area contributed by atoms with Gasteiger partial charge in [-0.1, -0.05) is 13.3 Å². The molecule has 0 bridgehead atoms. The fourth-order valence-corrected chi connectivity index (χ4v) is 4.77. The molecule has 0 saturated carbocycles. The molecule has 0 radical (unpaired) electrons. The molecule has 1 aliphatic rings. The zero-order valence-electron chi connectivity index (χ0n) is 14.6. The zero-order chi connectivity index (χ0) is 18.6. The minimum absolute atomic E-state index is 0.0605. The Labute approximate surface area is 152 Å². The summed E-state index contributed by atoms with van der Waals surface area (Å²) in [7, 11) is -3.42. The van der Waals surface area contributed by atoms with Crippen LogP contribution < -0.4 is 5.32 Å². The van der Waals surface area contributed by atoms with Gasteiger partial charge in [-0.2, -0.15) is 9.40 Å². The first-order valence-corrected chi connectivity index (χ1v) is 10.2. The summed E-state index contributed by atoms with van der Waals surface area (Å²) < 4.78 is 27.8. The van der Waals surface area contributed by atoms with E-state index in [2.05, 4.69) is 20.4 Å². The molecule has 26 heavy (non-hydrogen) atoms. The molecule has 1 unspecified atom stereocenters. The Morgan fingerprint density at radius 2 is 2.19 bits per heavy atom. The third-order valence-corrected chi connectivity index (χ3v) is 6.32. The summed E-state index contributed by atoms with van der Waals surface area (Å²) in [5, 5.41) is 6.76. The Kier molecular flexibility index (Phi) is 5.62. The van der Waals surface area contributed by atoms with Crippen LogP contribution in [0.3, 0.4) is 0 Å². The number of sulfonamides is 1. The lowest BCUT2D eigenvalue weighted by Gasteiger charge is -2.33. The molecule has 1 aliphatic heterocycles. The van der Waals surface area contributed by atoms with Crippen molar-refractivity contribution in [2.45, 2.75) is 38.6 Å². The Morgan fingerprint density at radius 3 is 2.85 bits per heavy atom. The summed E-state index contributed by atoms with van der Waals surface area (Å²) in [6.45, 7) is 2.21. The molecule has 1 N–H and O–H groups in total. The molecule has 1 fully saturated rings. The first-order valence-electron chi connectivity index (χ1n) is 8.62. The second-order valence-electron chi connectivity index (χ2n) is 6.17. The summed E-state index contributed by atoms with van der Waals surface area (Å²) in [5.74, 6) is 0.315. The van der Waals surface area contributed by atoms with E-state index in [0.29, 0.717) is 30.9 Å². The van der Waals surface area contributed by atoms with Crippen LogP contribution in [0.25, 0.3) is 5.82 Å². The number of aromatic nitrogens is 4. The standard InChI is InChI=1S/C16H22N6O3S/c1-2-9-26(24,25)22-8-4-3-5-14(22)16(23)20-13-6-7-15(18-10-13)21-12-17-11-19-21/h6-7,10-12,14H,2-5,8-9H2,1H3,(H,20,23). The number of nitrogens with zero attached hydrogens (tertiary/aromatic N) is 5. The van der Waals surface area contributed by atoms with Crippen molar-refractivity contribution in [1.82, 2.24) is 24.1 Å². The Bertz CT molecular complexity index is 835. The molecule has 3 heterocycles. The average Bonchev–Trinajstić information content (AvgIpc) is 3.17. The van der Waals surface area contributed by atoms with Crippen molar-refractivity contribution < 1.29 is 13.2 Å². The van der Waals surface area contributed by atoms with Crippen molar-refractivity contribution in [3.8, 4) is 5.82 Å². The lowest BCUT2D eigenvalue weighted by molar-refractivity contribution is -0.120. The van der Waals surface area contributed by atoms with Gasteiger partial charge in [0.15, 0.2) is 5.82 Å². The minimum atomic E-state index is -3.42. The Hall–Kier alpha value is -2.33. The highest BCUT2D eigenvalue weighted by Gasteiger charge is 2.36. The molecule has 140 valence electrons. The second-order valence-corrected chi connectivity index (χ2v) is 8.21. The number of nitrogens with one attached hydrogen (secondary N) is 1. The maximum atomic E-state index is 12.7. The molecule has 2 aromatic rings. The van der Waals surface area contributed by atoms with Crippen LogP contribution in [0.5, 0.6) is 0 Å². The maximum Gasteiger partial charge on any atom is 0.242 e. The predicted molar refractivity (Wildman–Crippen MR) is 96.2 cm³/mol. The molecule has 10 heteroatoms. The van der Waals surface area contributed by atoms with Gasteiger partial charge in [-0.25, -0.2) is 23.1 Å². The first-order chi connectivity index (χ1) is 12.5. The van der Waals surface area contributed by atoms with E-state index in [1.54, 1.807) is 12.1 Å². The summed E-state index contributed by atoms with van der Waals surface area (Å²) in [6.07, 6.45) is 7.12. The number of anilines is 1. The number of piperidine rings is 1. The van der Waals surface area contributed by atoms with Gasteiger partial charge >= 0.3 is 0 Å². The fourth-order valence-electron chi connectivity index (χ4n) is 3.02. The summed E-state index contributed by atoms with van der Waals surface area (Å²) >= 11 is 0. The van der Waals surface area contributed by atoms with Gasteiger partial charge in [0.1, 0.15) is 18.7 Å². The van der Waals surface area contributed by atoms with Crippen molar-refractivity contribution in [1.29, 1.82) is 0 Å². The highest BCUT2D eigenvalue weighted by molar-refractivity contribution is 7.89. The van der Waals surface area contributed by atoms with E-state index < -0.39 is 16.1 Å². The van der Waals surface area contributed by atoms with Gasteiger partial charge in [-0.05, 0) is 31.4 Å². The number of hydrogen-bond donors (Lipinski definition) is 1. The highest BCUT2D eigenvalue weighted by Crippen LogP contribution is 2.22. The topological polar surface area (TPSA) is 110 Å². The molecule has 1 saturated heterocycles. The van der Waals surface area contributed by atoms with E-state index in [-0.39, 0.29) is 11.7 Å². The van der Waals surface area contributed by atoms with Gasteiger partial charge in [0.05, 0.1) is 17.6 Å². The molecular formula is C16H22N6O3S. The van der Waals surface area contributed by atoms with Crippen LogP contribution in [0.4, 0.5) is 5.69 Å². The van der Waals surface area contributed by atoms with E-state index in [9.17, 15) is 13.2 Å². The molecule has 3 rings (SSSR count). The van der Waals surface area contributed by atoms with Crippen LogP contribution in [-0.4, -0.2) is 56.7 Å². The molecular weight excluding hydrogens is 356 g/mol. The van der Waals surface area contributed by atoms with Crippen LogP contribution in [0.15, 0.2) is 31.0 Å². The summed E-state index contributed by atoms with van der Waals surface area (Å²) in [4.78, 5) is 20.8. The van der Waals surface area contributed by atoms with Crippen LogP contribution >= 0.6 is 0 Å². The third-order valence-electron chi connectivity index (χ3n) is 4.24. The SMILES string of the molecule is CCCS(=O)(=O)N1CCCCC1C(=O)Nc1ccc(-n2cncn2)nc1. The fraction of sp³-hybridized carbons (Fsp3) is 0.500. The number of rotatable bonds is 6. The number of carbonyl (C=O) groups is 1. The molecule has 1 atom stereocenters. The largest absolute Gasteiger partial charge is 0.323 e. The summed E-state index contributed by atoms with van der Waals surface area (Å²) in [6, 6.07) is 2.74. The number of carbonyl (C=O) groups excluding carboxylic acids is 1. The van der Waals surface area contributed by atoms with Crippen molar-refractivity contribution in [3.63, 3.8) is 0 Å². The zero-order valence-corrected chi connectivity index (χ0v) is 15.4. The van der Waals surface area contributed by atoms with Crippen LogP contribution in [-0.2, 0) is 14.8 Å². The van der Waals surface area contributed by atoms with E-state index in [0.717, 1.165) is 12.8 Å². The molecule has 2 aromatic heterocycles. The van der Waals surface area contributed by atoms with E-state index >= 15 is 0 Å². The van der Waals surface area contributed by atoms with Crippen LogP contribution in [0, 0.1) is 0 Å². The molecule has 0 aromatic carbocycles. The molecule has 1 amide bonds. The van der Waals surface area contributed by atoms with E-state index in [1.807, 2.05) is 6.92 Å². The van der Waals surface area contributed by atoms with E-state index in [4.69, 9.17) is 0 Å². The average molecular weight is 378 g/mol. The predicted octanol–water partition coefficient (Wildman–Crippen LogP) is 1.20. The second kappa shape index (κ2) is 7.92. The molecule has 0 aliphatic carbocycles. The van der Waals surface area contributed by atoms with Crippen molar-refractivity contribution in [2.75, 3.05) is 17.6 Å². The smallest absolute Gasteiger partial charge is 0.242 e. The van der Waals surface area contributed by atoms with Gasteiger partial charge in [0.2, 0.25) is 15.9 Å². The lowest BCUT2D eigenvalue weighted by atomic mass is 10.0. The van der Waals surface area contributed by atoms with Gasteiger partial charge in [-0.15, -0.1) is 0 Å². The number of hydrogen-bond acceptors (Lipinski definition) is 6. The van der Waals surface area contributed by atoms with Crippen LogP contribution in [0.2, 0.25) is 0 Å². The van der Waals surface area contributed by atoms with E-state index in [1.165, 1.54) is 27.8 Å². The molecule has 9 nitrogen and oxygen atoms in total. The Morgan fingerprint density at radius 1 is 1.35 bits per heavy atom. The Balaban J connectivity index is 1.71. The van der Waals surface area contributed by atoms with Gasteiger partial charge < -0.3 is 5.32 Å². The van der Waals surface area contributed by atoms with Crippen molar-refractivity contribution in [2.24, 2.45) is 0 Å². The summed E-state index contributed by atoms with van der Waals surface area (Å²) in [5.41, 5.74) is 0.511.